The van der Waals surface area contributed by atoms with Crippen molar-refractivity contribution in [2.75, 3.05) is 36.8 Å². The molecule has 0 spiro atoms. The van der Waals surface area contributed by atoms with E-state index < -0.39 is 70.1 Å². The molecular formula is C36H35Cl3F4N4O8S2. The zero-order valence-corrected chi connectivity index (χ0v) is 33.4. The Labute approximate surface area is 340 Å². The molecule has 2 amide bonds. The zero-order valence-electron chi connectivity index (χ0n) is 29.5. The topological polar surface area (TPSA) is 182 Å². The molecule has 0 saturated carbocycles. The van der Waals surface area contributed by atoms with Crippen LogP contribution < -0.4 is 16.0 Å². The van der Waals surface area contributed by atoms with Crippen molar-refractivity contribution in [3.8, 4) is 0 Å². The highest BCUT2D eigenvalue weighted by Gasteiger charge is 2.31. The predicted octanol–water partition coefficient (Wildman–Crippen LogP) is 6.54. The molecule has 2 fully saturated rings. The fourth-order valence-corrected chi connectivity index (χ4v) is 8.10. The molecule has 5 N–H and O–H groups in total. The molecule has 0 unspecified atom stereocenters. The molecular weight excluding hydrogens is 863 g/mol. The average Bonchev–Trinajstić information content (AvgIpc) is 3.15. The summed E-state index contributed by atoms with van der Waals surface area (Å²) >= 11 is 11.2. The number of aliphatic hydroxyl groups excluding tert-OH is 2. The number of nitrogens with zero attached hydrogens (tertiary/aromatic N) is 1. The SMILES string of the molecule is O=C(Nc1ccc(F)c(Cl)c1)c1ccc(F)c(S(=O)(=O)Cl)c1.O=C(Nc1ccc(F)c(Cl)c1)c1ccc(F)c(S(=O)(=O)N2CCC(O)CC2)c1.OC1CCNCC1. The van der Waals surface area contributed by atoms with Gasteiger partial charge in [0, 0.05) is 46.3 Å². The second-order valence-corrected chi connectivity index (χ2v) is 17.8. The number of hydrogen-bond acceptors (Lipinski definition) is 9. The molecule has 12 nitrogen and oxygen atoms in total. The summed E-state index contributed by atoms with van der Waals surface area (Å²) in [6.07, 6.45) is 1.76. The minimum Gasteiger partial charge on any atom is -0.393 e. The number of rotatable bonds is 7. The van der Waals surface area contributed by atoms with E-state index in [1.165, 1.54) is 24.3 Å². The fourth-order valence-electron chi connectivity index (χ4n) is 5.26. The number of hydrogen-bond donors (Lipinski definition) is 5. The number of halogens is 7. The Hall–Kier alpha value is -3.85. The van der Waals surface area contributed by atoms with Crippen molar-refractivity contribution in [1.29, 1.82) is 0 Å². The summed E-state index contributed by atoms with van der Waals surface area (Å²) in [5.41, 5.74) is 0.171. The van der Waals surface area contributed by atoms with Crippen LogP contribution in [0, 0.1) is 23.3 Å². The number of nitrogens with one attached hydrogen (secondary N) is 3. The number of sulfonamides is 1. The summed E-state index contributed by atoms with van der Waals surface area (Å²) in [6, 6.07) is 12.8. The molecule has 2 saturated heterocycles. The van der Waals surface area contributed by atoms with Crippen molar-refractivity contribution in [3.63, 3.8) is 0 Å². The lowest BCUT2D eigenvalue weighted by atomic mass is 10.1. The van der Waals surface area contributed by atoms with E-state index in [0.29, 0.717) is 0 Å². The Kier molecular flexibility index (Phi) is 16.3. The van der Waals surface area contributed by atoms with Gasteiger partial charge in [0.1, 0.15) is 33.1 Å². The molecule has 0 bridgehead atoms. The lowest BCUT2D eigenvalue weighted by Crippen LogP contribution is -2.40. The number of carbonyl (C=O) groups is 2. The molecule has 4 aromatic carbocycles. The third-order valence-electron chi connectivity index (χ3n) is 8.35. The Morgan fingerprint density at radius 2 is 1.04 bits per heavy atom. The minimum atomic E-state index is -4.33. The number of anilines is 2. The number of benzene rings is 4. The van der Waals surface area contributed by atoms with Crippen LogP contribution in [0.4, 0.5) is 28.9 Å². The summed E-state index contributed by atoms with van der Waals surface area (Å²) in [4.78, 5) is 23.0. The number of aliphatic hydroxyl groups is 2. The van der Waals surface area contributed by atoms with E-state index in [0.717, 1.165) is 78.8 Å². The lowest BCUT2D eigenvalue weighted by Gasteiger charge is -2.28. The molecule has 0 atom stereocenters. The third kappa shape index (κ3) is 13.1. The van der Waals surface area contributed by atoms with Crippen LogP contribution in [0.25, 0.3) is 0 Å². The van der Waals surface area contributed by atoms with E-state index in [1.807, 2.05) is 0 Å². The van der Waals surface area contributed by atoms with Gasteiger partial charge in [-0.1, -0.05) is 23.2 Å². The predicted molar refractivity (Wildman–Crippen MR) is 207 cm³/mol. The zero-order chi connectivity index (χ0) is 42.1. The molecule has 0 radical (unpaired) electrons. The molecule has 2 heterocycles. The van der Waals surface area contributed by atoms with Crippen molar-refractivity contribution in [2.45, 2.75) is 47.7 Å². The maximum atomic E-state index is 14.2. The third-order valence-corrected chi connectivity index (χ3v) is 12.2. The molecule has 57 heavy (non-hydrogen) atoms. The Morgan fingerprint density at radius 3 is 1.44 bits per heavy atom. The number of amides is 2. The van der Waals surface area contributed by atoms with Crippen molar-refractivity contribution in [3.05, 3.63) is 117 Å². The highest BCUT2D eigenvalue weighted by atomic mass is 35.7. The monoisotopic (exact) mass is 896 g/mol. The summed E-state index contributed by atoms with van der Waals surface area (Å²) in [6.45, 7) is 2.10. The van der Waals surface area contributed by atoms with Gasteiger partial charge in [-0.2, -0.15) is 4.31 Å². The first kappa shape index (κ1) is 45.8. The van der Waals surface area contributed by atoms with E-state index in [9.17, 15) is 49.1 Å². The van der Waals surface area contributed by atoms with Crippen LogP contribution in [0.3, 0.4) is 0 Å². The molecule has 0 aromatic heterocycles. The smallest absolute Gasteiger partial charge is 0.264 e. The molecule has 2 aliphatic rings. The van der Waals surface area contributed by atoms with Crippen molar-refractivity contribution in [1.82, 2.24) is 9.62 Å². The van der Waals surface area contributed by atoms with E-state index in [4.69, 9.17) is 39.0 Å². The van der Waals surface area contributed by atoms with E-state index >= 15 is 0 Å². The van der Waals surface area contributed by atoms with Gasteiger partial charge in [0.15, 0.2) is 0 Å². The lowest BCUT2D eigenvalue weighted by molar-refractivity contribution is 0.101. The molecule has 0 aliphatic carbocycles. The van der Waals surface area contributed by atoms with Crippen LogP contribution in [0.15, 0.2) is 82.6 Å². The highest BCUT2D eigenvalue weighted by molar-refractivity contribution is 8.13. The summed E-state index contributed by atoms with van der Waals surface area (Å²) < 4.78 is 103. The van der Waals surface area contributed by atoms with E-state index in [2.05, 4.69) is 16.0 Å². The average molecular weight is 898 g/mol. The van der Waals surface area contributed by atoms with Crippen LogP contribution in [0.2, 0.25) is 10.0 Å². The van der Waals surface area contributed by atoms with Crippen LogP contribution in [-0.2, 0) is 19.1 Å². The van der Waals surface area contributed by atoms with Gasteiger partial charge in [-0.3, -0.25) is 9.59 Å². The molecule has 308 valence electrons. The van der Waals surface area contributed by atoms with Crippen LogP contribution in [-0.4, -0.2) is 81.6 Å². The van der Waals surface area contributed by atoms with Gasteiger partial charge in [-0.15, -0.1) is 0 Å². The van der Waals surface area contributed by atoms with Gasteiger partial charge in [0.25, 0.3) is 20.9 Å². The maximum absolute atomic E-state index is 14.2. The first-order valence-corrected chi connectivity index (χ1v) is 21.4. The summed E-state index contributed by atoms with van der Waals surface area (Å²) in [5.74, 6) is -4.79. The molecule has 2 aliphatic heterocycles. The van der Waals surface area contributed by atoms with Crippen molar-refractivity contribution >= 4 is 76.1 Å². The first-order valence-electron chi connectivity index (χ1n) is 16.9. The summed E-state index contributed by atoms with van der Waals surface area (Å²) in [7, 11) is -3.41. The maximum Gasteiger partial charge on any atom is 0.264 e. The second-order valence-electron chi connectivity index (χ2n) is 12.5. The summed E-state index contributed by atoms with van der Waals surface area (Å²) in [5, 5.41) is 26.0. The van der Waals surface area contributed by atoms with Gasteiger partial charge in [0.05, 0.1) is 22.3 Å². The van der Waals surface area contributed by atoms with E-state index in [1.54, 1.807) is 0 Å². The van der Waals surface area contributed by atoms with Crippen LogP contribution >= 0.6 is 33.9 Å². The second kappa shape index (κ2) is 20.2. The largest absolute Gasteiger partial charge is 0.393 e. The van der Waals surface area contributed by atoms with Gasteiger partial charge < -0.3 is 26.2 Å². The van der Waals surface area contributed by atoms with Gasteiger partial charge in [0.2, 0.25) is 10.0 Å². The highest BCUT2D eigenvalue weighted by Crippen LogP contribution is 2.26. The van der Waals surface area contributed by atoms with Crippen molar-refractivity contribution in [2.24, 2.45) is 0 Å². The normalized spacial score (nSPS) is 15.4. The Bertz CT molecular complexity index is 2310. The Balaban J connectivity index is 0.000000220. The minimum absolute atomic E-state index is 0.0266. The van der Waals surface area contributed by atoms with Gasteiger partial charge in [-0.05, 0) is 112 Å². The number of carbonyl (C=O) groups excluding carboxylic acids is 2. The first-order chi connectivity index (χ1) is 26.8. The Morgan fingerprint density at radius 1 is 0.632 bits per heavy atom. The van der Waals surface area contributed by atoms with Crippen LogP contribution in [0.5, 0.6) is 0 Å². The molecule has 6 rings (SSSR count). The van der Waals surface area contributed by atoms with Gasteiger partial charge in [-0.25, -0.2) is 34.4 Å². The molecule has 4 aromatic rings. The molecule has 21 heteroatoms. The van der Waals surface area contributed by atoms with Crippen LogP contribution in [0.1, 0.15) is 46.4 Å². The van der Waals surface area contributed by atoms with Crippen molar-refractivity contribution < 1.29 is 54.2 Å². The quantitative estimate of drug-likeness (QED) is 0.102. The fraction of sp³-hybridized carbons (Fsp3) is 0.278. The number of piperidine rings is 2. The van der Waals surface area contributed by atoms with Gasteiger partial charge >= 0.3 is 0 Å². The van der Waals surface area contributed by atoms with E-state index in [-0.39, 0.29) is 64.6 Å². The standard InChI is InChI=1S/C18H17ClF2N2O4S.C13H7Cl2F2NO3S.C5H11NO/c19-14-10-12(2-4-15(14)20)22-18(25)11-1-3-16(21)17(9-11)28(26,27)23-7-5-13(24)6-8-23;14-9-6-8(2-4-10(9)16)18-13(19)7-1-3-11(17)12(5-7)22(15,20)21;7-5-1-3-6-4-2-5/h1-4,9-10,13,24H,5-8H2,(H,22,25);1-6H,(H,18,19);5-7H,1-4H2.